The van der Waals surface area contributed by atoms with Crippen LogP contribution in [-0.4, -0.2) is 29.3 Å². The van der Waals surface area contributed by atoms with E-state index in [0.29, 0.717) is 0 Å². The molecule has 4 heteroatoms. The lowest BCUT2D eigenvalue weighted by atomic mass is 10.0. The third-order valence-electron chi connectivity index (χ3n) is 2.97. The molecule has 2 rings (SSSR count). The Bertz CT molecular complexity index is 490. The minimum Gasteiger partial charge on any atom is -0.464 e. The van der Waals surface area contributed by atoms with Gasteiger partial charge in [0.1, 0.15) is 11.4 Å². The molecule has 86 valence electrons. The third-order valence-corrected chi connectivity index (χ3v) is 2.97. The van der Waals surface area contributed by atoms with E-state index in [1.165, 1.54) is 0 Å². The lowest BCUT2D eigenvalue weighted by Crippen LogP contribution is -2.44. The maximum atomic E-state index is 9.36. The van der Waals surface area contributed by atoms with Crippen LogP contribution in [0.15, 0.2) is 29.0 Å². The molecule has 0 aliphatic heterocycles. The van der Waals surface area contributed by atoms with Gasteiger partial charge in [-0.1, -0.05) is 0 Å². The second-order valence-electron chi connectivity index (χ2n) is 4.50. The molecule has 1 N–H and O–H groups in total. The van der Waals surface area contributed by atoms with Gasteiger partial charge >= 0.3 is 0 Å². The molecule has 0 amide bonds. The Labute approximate surface area is 94.5 Å². The first-order valence-electron chi connectivity index (χ1n) is 5.23. The van der Waals surface area contributed by atoms with Gasteiger partial charge < -0.3 is 14.4 Å². The second-order valence-corrected chi connectivity index (χ2v) is 4.50. The Morgan fingerprint density at radius 3 is 2.88 bits per heavy atom. The summed E-state index contributed by atoms with van der Waals surface area (Å²) in [6, 6.07) is 3.72. The van der Waals surface area contributed by atoms with Crippen molar-refractivity contribution in [3.63, 3.8) is 0 Å². The fourth-order valence-corrected chi connectivity index (χ4v) is 1.54. The van der Waals surface area contributed by atoms with E-state index in [1.807, 2.05) is 37.9 Å². The molecule has 0 aromatic carbocycles. The molecule has 4 nitrogen and oxygen atoms in total. The average Bonchev–Trinajstić information content (AvgIpc) is 2.75. The fraction of sp³-hybridized carbons (Fsp3) is 0.417. The van der Waals surface area contributed by atoms with Crippen molar-refractivity contribution < 1.29 is 9.52 Å². The molecular formula is C12H16N2O2. The molecule has 0 bridgehead atoms. The van der Waals surface area contributed by atoms with Gasteiger partial charge in [-0.05, 0) is 26.0 Å². The van der Waals surface area contributed by atoms with E-state index >= 15 is 0 Å². The zero-order valence-electron chi connectivity index (χ0n) is 9.77. The largest absolute Gasteiger partial charge is 0.464 e. The summed E-state index contributed by atoms with van der Waals surface area (Å²) < 4.78 is 5.33. The standard InChI is InChI=1S/C12H16N2O2/c1-12(2,8-15)14(3)11-9-5-7-16-10(9)4-6-13-11/h4-7,15H,8H2,1-3H3. The maximum Gasteiger partial charge on any atom is 0.139 e. The lowest BCUT2D eigenvalue weighted by molar-refractivity contribution is 0.216. The zero-order chi connectivity index (χ0) is 11.8. The minimum atomic E-state index is -0.349. The Balaban J connectivity index is 2.51. The number of nitrogens with zero attached hydrogens (tertiary/aromatic N) is 2. The van der Waals surface area contributed by atoms with Gasteiger partial charge in [-0.3, -0.25) is 0 Å². The number of rotatable bonds is 3. The van der Waals surface area contributed by atoms with Crippen LogP contribution in [0.1, 0.15) is 13.8 Å². The van der Waals surface area contributed by atoms with Gasteiger partial charge in [-0.15, -0.1) is 0 Å². The molecule has 0 aliphatic rings. The van der Waals surface area contributed by atoms with Crippen molar-refractivity contribution in [2.24, 2.45) is 0 Å². The Morgan fingerprint density at radius 1 is 1.44 bits per heavy atom. The Hall–Kier alpha value is -1.55. The normalized spacial score (nSPS) is 12.0. The fourth-order valence-electron chi connectivity index (χ4n) is 1.54. The topological polar surface area (TPSA) is 49.5 Å². The monoisotopic (exact) mass is 220 g/mol. The molecule has 0 radical (unpaired) electrons. The first-order valence-corrected chi connectivity index (χ1v) is 5.23. The molecule has 2 heterocycles. The van der Waals surface area contributed by atoms with Crippen LogP contribution in [0.3, 0.4) is 0 Å². The summed E-state index contributed by atoms with van der Waals surface area (Å²) in [6.07, 6.45) is 3.36. The second kappa shape index (κ2) is 3.79. The number of anilines is 1. The van der Waals surface area contributed by atoms with E-state index in [4.69, 9.17) is 4.42 Å². The van der Waals surface area contributed by atoms with Crippen LogP contribution < -0.4 is 4.90 Å². The van der Waals surface area contributed by atoms with Crippen molar-refractivity contribution in [2.75, 3.05) is 18.6 Å². The molecule has 2 aromatic rings. The van der Waals surface area contributed by atoms with Crippen LogP contribution in [0.25, 0.3) is 11.0 Å². The van der Waals surface area contributed by atoms with Crippen molar-refractivity contribution in [1.29, 1.82) is 0 Å². The van der Waals surface area contributed by atoms with Gasteiger partial charge in [0.2, 0.25) is 0 Å². The molecular weight excluding hydrogens is 204 g/mol. The lowest BCUT2D eigenvalue weighted by Gasteiger charge is -2.35. The molecule has 0 unspecified atom stereocenters. The van der Waals surface area contributed by atoms with Gasteiger partial charge in [0, 0.05) is 13.2 Å². The molecule has 0 atom stereocenters. The molecule has 0 spiro atoms. The first kappa shape index (κ1) is 11.0. The number of furan rings is 1. The summed E-state index contributed by atoms with van der Waals surface area (Å²) in [4.78, 5) is 6.31. The van der Waals surface area contributed by atoms with Crippen molar-refractivity contribution in [2.45, 2.75) is 19.4 Å². The van der Waals surface area contributed by atoms with Crippen molar-refractivity contribution in [3.05, 3.63) is 24.6 Å². The Morgan fingerprint density at radius 2 is 2.19 bits per heavy atom. The average molecular weight is 220 g/mol. The summed E-state index contributed by atoms with van der Waals surface area (Å²) in [6.45, 7) is 4.00. The highest BCUT2D eigenvalue weighted by molar-refractivity contribution is 5.88. The van der Waals surface area contributed by atoms with Crippen LogP contribution in [0.2, 0.25) is 0 Å². The number of likely N-dealkylation sites (N-methyl/N-ethyl adjacent to an activating group) is 1. The van der Waals surface area contributed by atoms with Gasteiger partial charge in [0.25, 0.3) is 0 Å². The third kappa shape index (κ3) is 1.65. The molecule has 16 heavy (non-hydrogen) atoms. The number of fused-ring (bicyclic) bond motifs is 1. The summed E-state index contributed by atoms with van der Waals surface area (Å²) >= 11 is 0. The number of aliphatic hydroxyl groups excluding tert-OH is 1. The van der Waals surface area contributed by atoms with E-state index in [1.54, 1.807) is 12.5 Å². The predicted molar refractivity (Wildman–Crippen MR) is 63.6 cm³/mol. The van der Waals surface area contributed by atoms with Crippen LogP contribution in [0, 0.1) is 0 Å². The van der Waals surface area contributed by atoms with Gasteiger partial charge in [-0.2, -0.15) is 0 Å². The van der Waals surface area contributed by atoms with E-state index < -0.39 is 0 Å². The van der Waals surface area contributed by atoms with E-state index in [0.717, 1.165) is 16.8 Å². The van der Waals surface area contributed by atoms with Crippen molar-refractivity contribution in [1.82, 2.24) is 4.98 Å². The first-order chi connectivity index (χ1) is 7.56. The highest BCUT2D eigenvalue weighted by atomic mass is 16.3. The highest BCUT2D eigenvalue weighted by Crippen LogP contribution is 2.28. The number of hydrogen-bond acceptors (Lipinski definition) is 4. The number of aromatic nitrogens is 1. The van der Waals surface area contributed by atoms with E-state index in [9.17, 15) is 5.11 Å². The molecule has 0 saturated carbocycles. The SMILES string of the molecule is CN(c1nccc2occc12)C(C)(C)CO. The van der Waals surface area contributed by atoms with Gasteiger partial charge in [-0.25, -0.2) is 4.98 Å². The van der Waals surface area contributed by atoms with Crippen LogP contribution in [-0.2, 0) is 0 Å². The van der Waals surface area contributed by atoms with Crippen molar-refractivity contribution >= 4 is 16.8 Å². The molecule has 0 fully saturated rings. The summed E-state index contributed by atoms with van der Waals surface area (Å²) in [5, 5.41) is 10.3. The summed E-state index contributed by atoms with van der Waals surface area (Å²) in [5.74, 6) is 0.824. The van der Waals surface area contributed by atoms with Crippen LogP contribution in [0.4, 0.5) is 5.82 Å². The van der Waals surface area contributed by atoms with E-state index in [2.05, 4.69) is 4.98 Å². The highest BCUT2D eigenvalue weighted by Gasteiger charge is 2.25. The van der Waals surface area contributed by atoms with Crippen LogP contribution in [0.5, 0.6) is 0 Å². The maximum absolute atomic E-state index is 9.36. The number of aliphatic hydroxyl groups is 1. The smallest absolute Gasteiger partial charge is 0.139 e. The molecule has 2 aromatic heterocycles. The minimum absolute atomic E-state index is 0.0689. The summed E-state index contributed by atoms with van der Waals surface area (Å²) in [5.41, 5.74) is 0.462. The van der Waals surface area contributed by atoms with Crippen molar-refractivity contribution in [3.8, 4) is 0 Å². The quantitative estimate of drug-likeness (QED) is 0.860. The molecule has 0 aliphatic carbocycles. The van der Waals surface area contributed by atoms with Crippen LogP contribution >= 0.6 is 0 Å². The van der Waals surface area contributed by atoms with Gasteiger partial charge in [0.05, 0.1) is 23.8 Å². The van der Waals surface area contributed by atoms with Gasteiger partial charge in [0.15, 0.2) is 0 Å². The zero-order valence-corrected chi connectivity index (χ0v) is 9.77. The number of hydrogen-bond donors (Lipinski definition) is 1. The number of pyridine rings is 1. The van der Waals surface area contributed by atoms with E-state index in [-0.39, 0.29) is 12.1 Å². The molecule has 0 saturated heterocycles. The Kier molecular flexibility index (Phi) is 2.59. The summed E-state index contributed by atoms with van der Waals surface area (Å²) in [7, 11) is 1.92. The predicted octanol–water partition coefficient (Wildman–Crippen LogP) is 2.03.